The number of anilines is 1. The fraction of sp³-hybridized carbons (Fsp3) is 0.538. The number of rotatable bonds is 9. The van der Waals surface area contributed by atoms with Crippen LogP contribution in [0.5, 0.6) is 0 Å². The lowest BCUT2D eigenvalue weighted by molar-refractivity contribution is 0.586. The molecule has 0 saturated heterocycles. The van der Waals surface area contributed by atoms with Crippen LogP contribution in [0.3, 0.4) is 0 Å². The molecular formula is C13H22N2O4S2. The SMILES string of the molecule is CCCS(=O)(=O)c1ccccc1NCCCNS(C)(=O)=O. The number of hydrogen-bond donors (Lipinski definition) is 2. The minimum Gasteiger partial charge on any atom is -0.384 e. The second kappa shape index (κ2) is 7.77. The molecule has 0 bridgehead atoms. The van der Waals surface area contributed by atoms with Crippen LogP contribution in [0, 0.1) is 0 Å². The molecule has 0 saturated carbocycles. The molecule has 0 aromatic heterocycles. The zero-order valence-corrected chi connectivity index (χ0v) is 13.9. The van der Waals surface area contributed by atoms with Crippen molar-refractivity contribution in [3.63, 3.8) is 0 Å². The van der Waals surface area contributed by atoms with Gasteiger partial charge in [-0.1, -0.05) is 19.1 Å². The third-order valence-corrected chi connectivity index (χ3v) is 5.43. The zero-order valence-electron chi connectivity index (χ0n) is 12.3. The normalized spacial score (nSPS) is 12.3. The summed E-state index contributed by atoms with van der Waals surface area (Å²) in [6.45, 7) is 2.63. The highest BCUT2D eigenvalue weighted by molar-refractivity contribution is 7.91. The fourth-order valence-corrected chi connectivity index (χ4v) is 3.87. The van der Waals surface area contributed by atoms with Gasteiger partial charge in [-0.3, -0.25) is 0 Å². The van der Waals surface area contributed by atoms with Crippen LogP contribution < -0.4 is 10.0 Å². The largest absolute Gasteiger partial charge is 0.384 e. The lowest BCUT2D eigenvalue weighted by Crippen LogP contribution is -2.24. The quantitative estimate of drug-likeness (QED) is 0.663. The topological polar surface area (TPSA) is 92.3 Å². The molecular weight excluding hydrogens is 312 g/mol. The van der Waals surface area contributed by atoms with E-state index in [0.717, 1.165) is 6.26 Å². The highest BCUT2D eigenvalue weighted by atomic mass is 32.2. The lowest BCUT2D eigenvalue weighted by atomic mass is 10.3. The summed E-state index contributed by atoms with van der Waals surface area (Å²) in [6, 6.07) is 6.76. The maximum Gasteiger partial charge on any atom is 0.208 e. The van der Waals surface area contributed by atoms with E-state index in [4.69, 9.17) is 0 Å². The highest BCUT2D eigenvalue weighted by Gasteiger charge is 2.16. The average molecular weight is 334 g/mol. The van der Waals surface area contributed by atoms with Gasteiger partial charge in [0.1, 0.15) is 0 Å². The number of hydrogen-bond acceptors (Lipinski definition) is 5. The molecule has 0 spiro atoms. The molecule has 0 radical (unpaired) electrons. The van der Waals surface area contributed by atoms with Crippen molar-refractivity contribution in [1.29, 1.82) is 0 Å². The van der Waals surface area contributed by atoms with Gasteiger partial charge in [-0.25, -0.2) is 21.6 Å². The summed E-state index contributed by atoms with van der Waals surface area (Å²) in [5.74, 6) is 0.112. The summed E-state index contributed by atoms with van der Waals surface area (Å²) in [7, 11) is -6.46. The number of sulfone groups is 1. The molecule has 0 aliphatic heterocycles. The van der Waals surface area contributed by atoms with Crippen LogP contribution in [0.25, 0.3) is 0 Å². The van der Waals surface area contributed by atoms with Crippen molar-refractivity contribution >= 4 is 25.5 Å². The zero-order chi connectivity index (χ0) is 15.9. The molecule has 8 heteroatoms. The van der Waals surface area contributed by atoms with Crippen molar-refractivity contribution < 1.29 is 16.8 Å². The molecule has 0 amide bonds. The Labute approximate surface area is 126 Å². The second-order valence-electron chi connectivity index (χ2n) is 4.76. The van der Waals surface area contributed by atoms with Gasteiger partial charge in [-0.2, -0.15) is 0 Å². The van der Waals surface area contributed by atoms with Gasteiger partial charge in [-0.05, 0) is 25.0 Å². The summed E-state index contributed by atoms with van der Waals surface area (Å²) in [6.07, 6.45) is 2.23. The first-order valence-electron chi connectivity index (χ1n) is 6.76. The van der Waals surface area contributed by atoms with Crippen LogP contribution in [-0.4, -0.2) is 41.9 Å². The predicted octanol–water partition coefficient (Wildman–Crippen LogP) is 1.22. The van der Waals surface area contributed by atoms with Crippen molar-refractivity contribution in [1.82, 2.24) is 4.72 Å². The van der Waals surface area contributed by atoms with E-state index in [0.29, 0.717) is 36.5 Å². The molecule has 2 N–H and O–H groups in total. The van der Waals surface area contributed by atoms with Gasteiger partial charge < -0.3 is 5.32 Å². The summed E-state index contributed by atoms with van der Waals surface area (Å²) >= 11 is 0. The van der Waals surface area contributed by atoms with E-state index < -0.39 is 19.9 Å². The molecule has 21 heavy (non-hydrogen) atoms. The molecule has 120 valence electrons. The van der Waals surface area contributed by atoms with Gasteiger partial charge in [0.05, 0.1) is 22.6 Å². The highest BCUT2D eigenvalue weighted by Crippen LogP contribution is 2.22. The third kappa shape index (κ3) is 6.45. The van der Waals surface area contributed by atoms with E-state index in [2.05, 4.69) is 10.0 Å². The molecule has 0 heterocycles. The summed E-state index contributed by atoms with van der Waals surface area (Å²) in [5.41, 5.74) is 0.560. The van der Waals surface area contributed by atoms with E-state index in [1.165, 1.54) is 0 Å². The number of nitrogens with one attached hydrogen (secondary N) is 2. The van der Waals surface area contributed by atoms with Crippen LogP contribution in [-0.2, 0) is 19.9 Å². The molecule has 0 atom stereocenters. The van der Waals surface area contributed by atoms with Crippen LogP contribution in [0.2, 0.25) is 0 Å². The van der Waals surface area contributed by atoms with Crippen LogP contribution in [0.4, 0.5) is 5.69 Å². The molecule has 1 aromatic rings. The maximum absolute atomic E-state index is 12.1. The van der Waals surface area contributed by atoms with E-state index in [-0.39, 0.29) is 5.75 Å². The Morgan fingerprint density at radius 1 is 1.05 bits per heavy atom. The lowest BCUT2D eigenvalue weighted by Gasteiger charge is -2.12. The molecule has 1 rings (SSSR count). The van der Waals surface area contributed by atoms with Crippen molar-refractivity contribution in [2.45, 2.75) is 24.7 Å². The molecule has 0 aliphatic carbocycles. The van der Waals surface area contributed by atoms with Crippen LogP contribution in [0.1, 0.15) is 19.8 Å². The van der Waals surface area contributed by atoms with E-state index in [1.54, 1.807) is 24.3 Å². The van der Waals surface area contributed by atoms with Gasteiger partial charge in [-0.15, -0.1) is 0 Å². The first-order chi connectivity index (χ1) is 9.76. The first-order valence-corrected chi connectivity index (χ1v) is 10.3. The van der Waals surface area contributed by atoms with Crippen molar-refractivity contribution in [3.05, 3.63) is 24.3 Å². The Kier molecular flexibility index (Phi) is 6.63. The Hall–Kier alpha value is -1.12. The third-order valence-electron chi connectivity index (χ3n) is 2.73. The first kappa shape index (κ1) is 17.9. The monoisotopic (exact) mass is 334 g/mol. The van der Waals surface area contributed by atoms with Gasteiger partial charge in [0, 0.05) is 13.1 Å². The van der Waals surface area contributed by atoms with Crippen molar-refractivity contribution in [3.8, 4) is 0 Å². The Morgan fingerprint density at radius 2 is 1.71 bits per heavy atom. The minimum atomic E-state index is -3.28. The van der Waals surface area contributed by atoms with Crippen molar-refractivity contribution in [2.75, 3.05) is 30.4 Å². The van der Waals surface area contributed by atoms with Gasteiger partial charge in [0.2, 0.25) is 10.0 Å². The van der Waals surface area contributed by atoms with E-state index in [1.807, 2.05) is 6.92 Å². The summed E-state index contributed by atoms with van der Waals surface area (Å²) in [4.78, 5) is 0.294. The standard InChI is InChI=1S/C13H22N2O4S2/c1-3-11-21(18,19)13-8-5-4-7-12(13)14-9-6-10-15-20(2,16)17/h4-5,7-8,14-15H,3,6,9-11H2,1-2H3. The molecule has 0 unspecified atom stereocenters. The number of benzene rings is 1. The summed E-state index contributed by atoms with van der Waals surface area (Å²) < 4.78 is 48.5. The van der Waals surface area contributed by atoms with Crippen molar-refractivity contribution in [2.24, 2.45) is 0 Å². The Bertz CT molecular complexity index is 655. The van der Waals surface area contributed by atoms with Gasteiger partial charge in [0.25, 0.3) is 0 Å². The van der Waals surface area contributed by atoms with Crippen LogP contribution >= 0.6 is 0 Å². The van der Waals surface area contributed by atoms with Crippen LogP contribution in [0.15, 0.2) is 29.2 Å². The predicted molar refractivity (Wildman–Crippen MR) is 84.7 cm³/mol. The Balaban J connectivity index is 2.64. The molecule has 0 fully saturated rings. The Morgan fingerprint density at radius 3 is 2.33 bits per heavy atom. The van der Waals surface area contributed by atoms with Gasteiger partial charge >= 0.3 is 0 Å². The number of para-hydroxylation sites is 1. The number of sulfonamides is 1. The van der Waals surface area contributed by atoms with E-state index in [9.17, 15) is 16.8 Å². The molecule has 6 nitrogen and oxygen atoms in total. The van der Waals surface area contributed by atoms with E-state index >= 15 is 0 Å². The fourth-order valence-electron chi connectivity index (χ4n) is 1.83. The molecule has 1 aromatic carbocycles. The molecule has 0 aliphatic rings. The van der Waals surface area contributed by atoms with Gasteiger partial charge in [0.15, 0.2) is 9.84 Å². The minimum absolute atomic E-state index is 0.112. The summed E-state index contributed by atoms with van der Waals surface area (Å²) in [5, 5.41) is 3.05. The maximum atomic E-state index is 12.1. The second-order valence-corrected chi connectivity index (χ2v) is 8.67. The smallest absolute Gasteiger partial charge is 0.208 e. The average Bonchev–Trinajstić information content (AvgIpc) is 2.37.